The zero-order valence-electron chi connectivity index (χ0n) is 25.2. The molecule has 1 heterocycles. The van der Waals surface area contributed by atoms with E-state index in [1.54, 1.807) is 20.8 Å². The molecule has 2 aliphatic rings. The highest BCUT2D eigenvalue weighted by Crippen LogP contribution is 2.33. The molecular weight excluding hydrogens is 552 g/mol. The van der Waals surface area contributed by atoms with Crippen LogP contribution < -0.4 is 21.3 Å². The maximum Gasteiger partial charge on any atom is 0.408 e. The molecule has 0 spiro atoms. The van der Waals surface area contributed by atoms with Crippen LogP contribution in [0.2, 0.25) is 0 Å². The summed E-state index contributed by atoms with van der Waals surface area (Å²) >= 11 is 0. The number of nitrogens with one attached hydrogen (secondary N) is 4. The highest BCUT2D eigenvalue weighted by atomic mass is 16.6. The zero-order chi connectivity index (χ0) is 31.1. The Labute approximate surface area is 251 Å². The summed E-state index contributed by atoms with van der Waals surface area (Å²) in [6.07, 6.45) is 2.29. The predicted molar refractivity (Wildman–Crippen MR) is 160 cm³/mol. The van der Waals surface area contributed by atoms with Crippen molar-refractivity contribution < 1.29 is 33.4 Å². The van der Waals surface area contributed by atoms with E-state index in [-0.39, 0.29) is 24.7 Å². The Bertz CT molecular complexity index is 1350. The average Bonchev–Trinajstić information content (AvgIpc) is 3.69. The van der Waals surface area contributed by atoms with Crippen LogP contribution in [0.5, 0.6) is 0 Å². The number of amides is 4. The van der Waals surface area contributed by atoms with Crippen molar-refractivity contribution in [1.82, 2.24) is 21.3 Å². The van der Waals surface area contributed by atoms with Gasteiger partial charge in [-0.25, -0.2) is 9.59 Å². The second kappa shape index (κ2) is 13.9. The molecule has 11 nitrogen and oxygen atoms in total. The van der Waals surface area contributed by atoms with E-state index in [0.29, 0.717) is 19.4 Å². The third-order valence-electron chi connectivity index (χ3n) is 7.70. The third kappa shape index (κ3) is 9.17. The summed E-state index contributed by atoms with van der Waals surface area (Å²) in [6, 6.07) is 10.5. The lowest BCUT2D eigenvalue weighted by molar-refractivity contribution is -0.146. The van der Waals surface area contributed by atoms with Gasteiger partial charge in [-0.2, -0.15) is 0 Å². The van der Waals surface area contributed by atoms with Crippen LogP contribution >= 0.6 is 0 Å². The number of carbonyl (C=O) groups is 5. The van der Waals surface area contributed by atoms with E-state index < -0.39 is 53.5 Å². The van der Waals surface area contributed by atoms with Crippen LogP contribution in [0.25, 0.3) is 10.8 Å². The molecule has 0 bridgehead atoms. The molecule has 43 heavy (non-hydrogen) atoms. The molecule has 4 amide bonds. The van der Waals surface area contributed by atoms with E-state index in [1.165, 1.54) is 7.11 Å². The number of rotatable bonds is 12. The molecule has 1 aliphatic heterocycles. The van der Waals surface area contributed by atoms with Gasteiger partial charge in [-0.1, -0.05) is 55.3 Å². The topological polar surface area (TPSA) is 152 Å². The molecular formula is C32H42N4O7. The lowest BCUT2D eigenvalue weighted by Gasteiger charge is -2.27. The minimum absolute atomic E-state index is 0.0955. The predicted octanol–water partition coefficient (Wildman–Crippen LogP) is 2.74. The van der Waals surface area contributed by atoms with E-state index in [2.05, 4.69) is 21.3 Å². The number of alkyl carbamates (subject to hydrolysis) is 1. The average molecular weight is 595 g/mol. The first-order valence-corrected chi connectivity index (χ1v) is 14.9. The Balaban J connectivity index is 1.53. The van der Waals surface area contributed by atoms with E-state index in [1.807, 2.05) is 42.5 Å². The van der Waals surface area contributed by atoms with Gasteiger partial charge in [0.25, 0.3) is 0 Å². The summed E-state index contributed by atoms with van der Waals surface area (Å²) in [5.74, 6) is -2.10. The molecule has 2 fully saturated rings. The van der Waals surface area contributed by atoms with Crippen LogP contribution in [0.1, 0.15) is 58.4 Å². The third-order valence-corrected chi connectivity index (χ3v) is 7.70. The molecule has 4 atom stereocenters. The van der Waals surface area contributed by atoms with Crippen molar-refractivity contribution in [3.05, 3.63) is 48.0 Å². The van der Waals surface area contributed by atoms with Gasteiger partial charge in [0, 0.05) is 18.9 Å². The first-order chi connectivity index (χ1) is 20.4. The molecule has 0 aromatic heterocycles. The highest BCUT2D eigenvalue weighted by molar-refractivity contribution is 5.94. The maximum atomic E-state index is 13.8. The van der Waals surface area contributed by atoms with Crippen molar-refractivity contribution in [2.24, 2.45) is 11.8 Å². The molecule has 2 aromatic rings. The largest absolute Gasteiger partial charge is 0.467 e. The fourth-order valence-electron chi connectivity index (χ4n) is 5.32. The number of esters is 1. The lowest BCUT2D eigenvalue weighted by Crippen LogP contribution is -2.57. The van der Waals surface area contributed by atoms with Crippen LogP contribution in [0.3, 0.4) is 0 Å². The monoisotopic (exact) mass is 594 g/mol. The Morgan fingerprint density at radius 3 is 2.21 bits per heavy atom. The fraction of sp³-hybridized carbons (Fsp3) is 0.531. The van der Waals surface area contributed by atoms with Gasteiger partial charge in [0.15, 0.2) is 0 Å². The number of hydrogen-bond donors (Lipinski definition) is 4. The minimum Gasteiger partial charge on any atom is -0.467 e. The van der Waals surface area contributed by atoms with Crippen molar-refractivity contribution >= 4 is 40.6 Å². The first-order valence-electron chi connectivity index (χ1n) is 14.9. The molecule has 0 radical (unpaired) electrons. The summed E-state index contributed by atoms with van der Waals surface area (Å²) in [4.78, 5) is 64.8. The molecule has 4 N–H and O–H groups in total. The summed E-state index contributed by atoms with van der Waals surface area (Å²) in [5.41, 5.74) is 0.0658. The van der Waals surface area contributed by atoms with Gasteiger partial charge in [0.2, 0.25) is 17.7 Å². The lowest BCUT2D eigenvalue weighted by atomic mass is 9.97. The second-order valence-corrected chi connectivity index (χ2v) is 12.4. The van der Waals surface area contributed by atoms with Gasteiger partial charge in [0.1, 0.15) is 23.7 Å². The summed E-state index contributed by atoms with van der Waals surface area (Å²) in [6.45, 7) is 5.70. The highest BCUT2D eigenvalue weighted by Gasteiger charge is 2.37. The number of ether oxygens (including phenoxy) is 2. The number of carbonyl (C=O) groups excluding carboxylic acids is 5. The van der Waals surface area contributed by atoms with Crippen molar-refractivity contribution in [2.75, 3.05) is 13.7 Å². The number of fused-ring (bicyclic) bond motifs is 1. The molecule has 1 aliphatic carbocycles. The van der Waals surface area contributed by atoms with E-state index in [9.17, 15) is 24.0 Å². The van der Waals surface area contributed by atoms with E-state index in [4.69, 9.17) is 9.47 Å². The van der Waals surface area contributed by atoms with Crippen LogP contribution in [0.4, 0.5) is 4.79 Å². The second-order valence-electron chi connectivity index (χ2n) is 12.4. The van der Waals surface area contributed by atoms with Gasteiger partial charge in [0.05, 0.1) is 7.11 Å². The van der Waals surface area contributed by atoms with Gasteiger partial charge in [-0.05, 0) is 62.3 Å². The standard InChI is InChI=1S/C32H42N4O7/c1-32(2,3)43-31(41)36-25(17-21-10-7-9-20-8-5-6-11-23(20)21)29(39)34-24(16-19-12-13-19)28(38)35-26(30(40)42-4)18-22-14-15-33-27(22)37/h5-11,19,22,24-26H,12-18H2,1-4H3,(H,33,37)(H,34,39)(H,35,38)(H,36,41)/t22-,24-,25-,26-/m0/s1. The Hall–Kier alpha value is -4.15. The van der Waals surface area contributed by atoms with Crippen molar-refractivity contribution in [1.29, 1.82) is 0 Å². The van der Waals surface area contributed by atoms with Crippen LogP contribution in [-0.4, -0.2) is 67.2 Å². The fourth-order valence-corrected chi connectivity index (χ4v) is 5.32. The molecule has 1 saturated heterocycles. The summed E-state index contributed by atoms with van der Waals surface area (Å²) in [5, 5.41) is 12.9. The number of methoxy groups -OCH3 is 1. The van der Waals surface area contributed by atoms with Gasteiger partial charge in [-0.15, -0.1) is 0 Å². The van der Waals surface area contributed by atoms with Crippen LogP contribution in [0.15, 0.2) is 42.5 Å². The SMILES string of the molecule is COC(=O)[C@H](C[C@@H]1CCNC1=O)NC(=O)[C@H](CC1CC1)NC(=O)[C@H](Cc1cccc2ccccc12)NC(=O)OC(C)(C)C. The number of hydrogen-bond acceptors (Lipinski definition) is 7. The van der Waals surface area contributed by atoms with Crippen LogP contribution in [-0.2, 0) is 35.1 Å². The minimum atomic E-state index is -1.05. The normalized spacial score (nSPS) is 18.6. The van der Waals surface area contributed by atoms with Crippen molar-refractivity contribution in [3.8, 4) is 0 Å². The Morgan fingerprint density at radius 1 is 0.884 bits per heavy atom. The van der Waals surface area contributed by atoms with Crippen molar-refractivity contribution in [3.63, 3.8) is 0 Å². The van der Waals surface area contributed by atoms with E-state index in [0.717, 1.165) is 29.2 Å². The van der Waals surface area contributed by atoms with Gasteiger partial charge >= 0.3 is 12.1 Å². The Morgan fingerprint density at radius 2 is 1.56 bits per heavy atom. The van der Waals surface area contributed by atoms with Crippen molar-refractivity contribution in [2.45, 2.75) is 83.0 Å². The molecule has 0 unspecified atom stereocenters. The molecule has 11 heteroatoms. The quantitative estimate of drug-likeness (QED) is 0.276. The molecule has 2 aromatic carbocycles. The van der Waals surface area contributed by atoms with Gasteiger partial charge < -0.3 is 30.7 Å². The Kier molecular flexibility index (Phi) is 10.3. The number of benzene rings is 2. The van der Waals surface area contributed by atoms with Gasteiger partial charge in [-0.3, -0.25) is 14.4 Å². The van der Waals surface area contributed by atoms with E-state index >= 15 is 0 Å². The molecule has 4 rings (SSSR count). The summed E-state index contributed by atoms with van der Waals surface area (Å²) in [7, 11) is 1.22. The first kappa shape index (κ1) is 31.8. The summed E-state index contributed by atoms with van der Waals surface area (Å²) < 4.78 is 10.3. The molecule has 232 valence electrons. The smallest absolute Gasteiger partial charge is 0.408 e. The maximum absolute atomic E-state index is 13.8. The van der Waals surface area contributed by atoms with Crippen LogP contribution in [0, 0.1) is 11.8 Å². The zero-order valence-corrected chi connectivity index (χ0v) is 25.2. The molecule has 1 saturated carbocycles.